The third-order valence-corrected chi connectivity index (χ3v) is 0.450. The van der Waals surface area contributed by atoms with Gasteiger partial charge in [0.1, 0.15) is 5.60 Å². The summed E-state index contributed by atoms with van der Waals surface area (Å²) < 4.78 is 4.80. The van der Waals surface area contributed by atoms with Crippen molar-refractivity contribution in [3.05, 3.63) is 0 Å². The summed E-state index contributed by atoms with van der Waals surface area (Å²) in [6.45, 7) is 6.93. The van der Waals surface area contributed by atoms with Gasteiger partial charge in [0.05, 0.1) is 0 Å². The number of carbonyl (C=O) groups is 1. The van der Waals surface area contributed by atoms with E-state index in [1.54, 1.807) is 0 Å². The first kappa shape index (κ1) is 12.2. The van der Waals surface area contributed by atoms with Gasteiger partial charge >= 0.3 is 35.5 Å². The molecule has 0 atom stereocenters. The molecule has 0 saturated heterocycles. The van der Waals surface area contributed by atoms with Crippen LogP contribution in [0.2, 0.25) is 0 Å². The first-order valence-corrected chi connectivity index (χ1v) is 2.61. The summed E-state index contributed by atoms with van der Waals surface area (Å²) in [5.74, 6) is -0.225. The van der Waals surface area contributed by atoms with Crippen LogP contribution < -0.4 is 0 Å². The number of ether oxygens (including phenoxy) is 1. The van der Waals surface area contributed by atoms with E-state index in [4.69, 9.17) is 4.74 Å². The molecule has 0 heterocycles. The maximum absolute atomic E-state index is 10.2. The third kappa shape index (κ3) is 11.8. The Kier molecular flexibility index (Phi) is 5.83. The molecule has 9 heavy (non-hydrogen) atoms. The van der Waals surface area contributed by atoms with Gasteiger partial charge in [0, 0.05) is 6.92 Å². The number of hydrogen-bond acceptors (Lipinski definition) is 2. The van der Waals surface area contributed by atoms with Gasteiger partial charge in [-0.1, -0.05) is 0 Å². The van der Waals surface area contributed by atoms with E-state index in [0.717, 1.165) is 0 Å². The molecule has 0 N–H and O–H groups in total. The van der Waals surface area contributed by atoms with Crippen LogP contribution in [0, 0.1) is 0 Å². The summed E-state index contributed by atoms with van der Waals surface area (Å²) in [7, 11) is 0. The molecule has 0 unspecified atom stereocenters. The van der Waals surface area contributed by atoms with Crippen molar-refractivity contribution >= 4 is 35.5 Å². The van der Waals surface area contributed by atoms with E-state index in [1.807, 2.05) is 20.8 Å². The monoisotopic (exact) mass is 140 g/mol. The minimum atomic E-state index is -0.328. The fraction of sp³-hybridized carbons (Fsp3) is 0.833. The second kappa shape index (κ2) is 4.31. The Bertz CT molecular complexity index is 93.7. The number of carbonyl (C=O) groups excluding carboxylic acids is 1. The molecule has 3 heteroatoms. The molecule has 0 spiro atoms. The van der Waals surface area contributed by atoms with Crippen molar-refractivity contribution in [3.8, 4) is 0 Å². The molecular weight excluding hydrogens is 127 g/mol. The van der Waals surface area contributed by atoms with Crippen molar-refractivity contribution < 1.29 is 9.53 Å². The average Bonchev–Trinajstić information content (AvgIpc) is 1.21. The molecule has 0 aliphatic carbocycles. The Morgan fingerprint density at radius 2 is 1.67 bits per heavy atom. The standard InChI is InChI=1S/C6H12O2.Na.H/c1-5(7)8-6(2,3)4;;/h1-4H3;;. The fourth-order valence-corrected chi connectivity index (χ4v) is 0.431. The van der Waals surface area contributed by atoms with E-state index in [1.165, 1.54) is 6.92 Å². The Morgan fingerprint density at radius 1 is 1.33 bits per heavy atom. The second-order valence-corrected chi connectivity index (χ2v) is 2.71. The molecule has 0 radical (unpaired) electrons. The third-order valence-electron chi connectivity index (χ3n) is 0.450. The Balaban J connectivity index is 0. The van der Waals surface area contributed by atoms with Crippen LogP contribution in [0.4, 0.5) is 0 Å². The van der Waals surface area contributed by atoms with Crippen LogP contribution in [0.25, 0.3) is 0 Å². The fourth-order valence-electron chi connectivity index (χ4n) is 0.431. The molecule has 0 aromatic rings. The average molecular weight is 140 g/mol. The summed E-state index contributed by atoms with van der Waals surface area (Å²) in [6.07, 6.45) is 0. The quantitative estimate of drug-likeness (QED) is 0.365. The van der Waals surface area contributed by atoms with Crippen molar-refractivity contribution in [3.63, 3.8) is 0 Å². The van der Waals surface area contributed by atoms with E-state index < -0.39 is 0 Å². The first-order chi connectivity index (χ1) is 3.42. The number of esters is 1. The molecule has 2 nitrogen and oxygen atoms in total. The van der Waals surface area contributed by atoms with Gasteiger partial charge in [-0.25, -0.2) is 0 Å². The normalized spacial score (nSPS) is 9.78. The van der Waals surface area contributed by atoms with Crippen LogP contribution in [0.1, 0.15) is 27.7 Å². The van der Waals surface area contributed by atoms with Crippen molar-refractivity contribution in [2.24, 2.45) is 0 Å². The molecule has 0 fully saturated rings. The van der Waals surface area contributed by atoms with Crippen molar-refractivity contribution in [1.82, 2.24) is 0 Å². The molecule has 50 valence electrons. The second-order valence-electron chi connectivity index (χ2n) is 2.71. The molecule has 0 rings (SSSR count). The summed E-state index contributed by atoms with van der Waals surface area (Å²) in [5.41, 5.74) is -0.328. The summed E-state index contributed by atoms with van der Waals surface area (Å²) in [4.78, 5) is 10.2. The Hall–Kier alpha value is 0.470. The number of hydrogen-bond donors (Lipinski definition) is 0. The van der Waals surface area contributed by atoms with Crippen molar-refractivity contribution in [2.75, 3.05) is 0 Å². The molecule has 0 aliphatic rings. The topological polar surface area (TPSA) is 26.3 Å². The van der Waals surface area contributed by atoms with Gasteiger partial charge in [-0.15, -0.1) is 0 Å². The van der Waals surface area contributed by atoms with Gasteiger partial charge in [0.15, 0.2) is 0 Å². The van der Waals surface area contributed by atoms with Crippen molar-refractivity contribution in [1.29, 1.82) is 0 Å². The van der Waals surface area contributed by atoms with Crippen LogP contribution in [0.5, 0.6) is 0 Å². The van der Waals surface area contributed by atoms with Gasteiger partial charge in [-0.3, -0.25) is 4.79 Å². The van der Waals surface area contributed by atoms with E-state index in [2.05, 4.69) is 0 Å². The SMILES string of the molecule is CC(=O)OC(C)(C)C.[NaH]. The molecule has 0 amide bonds. The van der Waals surface area contributed by atoms with Crippen molar-refractivity contribution in [2.45, 2.75) is 33.3 Å². The first-order valence-electron chi connectivity index (χ1n) is 2.61. The maximum atomic E-state index is 10.2. The van der Waals surface area contributed by atoms with Crippen LogP contribution in [0.3, 0.4) is 0 Å². The predicted molar refractivity (Wildman–Crippen MR) is 38.7 cm³/mol. The van der Waals surface area contributed by atoms with Gasteiger partial charge in [0.2, 0.25) is 0 Å². The Labute approximate surface area is 78.3 Å². The Morgan fingerprint density at radius 3 is 1.67 bits per heavy atom. The van der Waals surface area contributed by atoms with Crippen LogP contribution in [-0.2, 0) is 9.53 Å². The zero-order valence-corrected chi connectivity index (χ0v) is 5.82. The summed E-state index contributed by atoms with van der Waals surface area (Å²) >= 11 is 0. The molecule has 0 saturated carbocycles. The van der Waals surface area contributed by atoms with Gasteiger partial charge in [0.25, 0.3) is 0 Å². The van der Waals surface area contributed by atoms with Gasteiger partial charge in [-0.2, -0.15) is 0 Å². The molecule has 0 aliphatic heterocycles. The van der Waals surface area contributed by atoms with Crippen LogP contribution in [-0.4, -0.2) is 41.1 Å². The van der Waals surface area contributed by atoms with E-state index in [9.17, 15) is 4.79 Å². The summed E-state index contributed by atoms with van der Waals surface area (Å²) in [5, 5.41) is 0. The van der Waals surface area contributed by atoms with Crippen LogP contribution >= 0.6 is 0 Å². The minimum absolute atomic E-state index is 0. The van der Waals surface area contributed by atoms with E-state index in [-0.39, 0.29) is 41.1 Å². The molecule has 0 aromatic heterocycles. The summed E-state index contributed by atoms with van der Waals surface area (Å²) in [6, 6.07) is 0. The van der Waals surface area contributed by atoms with Gasteiger partial charge in [-0.05, 0) is 20.8 Å². The molecular formula is C6H13NaO2. The zero-order chi connectivity index (χ0) is 6.78. The van der Waals surface area contributed by atoms with Gasteiger partial charge < -0.3 is 4.74 Å². The predicted octanol–water partition coefficient (Wildman–Crippen LogP) is 0.700. The number of rotatable bonds is 0. The van der Waals surface area contributed by atoms with Crippen LogP contribution in [0.15, 0.2) is 0 Å². The molecule has 0 bridgehead atoms. The molecule has 0 aromatic carbocycles. The zero-order valence-electron chi connectivity index (χ0n) is 5.82. The van der Waals surface area contributed by atoms with E-state index in [0.29, 0.717) is 0 Å². The van der Waals surface area contributed by atoms with E-state index >= 15 is 0 Å².